The molecule has 0 amide bonds. The number of carbonyl (C=O) groups is 1. The number of nitrogens with two attached hydrogens (primary N) is 1. The fraction of sp³-hybridized carbons (Fsp3) is 0.375. The summed E-state index contributed by atoms with van der Waals surface area (Å²) in [6.45, 7) is 0. The smallest absolute Gasteiger partial charge is 0.307 e. The summed E-state index contributed by atoms with van der Waals surface area (Å²) >= 11 is 0. The van der Waals surface area contributed by atoms with Crippen LogP contribution in [0.25, 0.3) is 0 Å². The fourth-order valence-electron chi connectivity index (χ4n) is 0.948. The van der Waals surface area contributed by atoms with Crippen molar-refractivity contribution in [2.45, 2.75) is 12.5 Å². The second-order valence-corrected chi connectivity index (χ2v) is 2.51. The van der Waals surface area contributed by atoms with Crippen molar-refractivity contribution in [2.24, 2.45) is 5.73 Å². The predicted molar refractivity (Wildman–Crippen MR) is 44.4 cm³/mol. The van der Waals surface area contributed by atoms with E-state index < -0.39 is 0 Å². The van der Waals surface area contributed by atoms with E-state index in [2.05, 4.69) is 9.72 Å². The molecule has 0 aliphatic carbocycles. The molecule has 1 aromatic heterocycles. The molecule has 3 N–H and O–H groups in total. The first-order chi connectivity index (χ1) is 5.74. The van der Waals surface area contributed by atoms with Crippen molar-refractivity contribution < 1.29 is 9.53 Å². The number of aromatic nitrogens is 1. The number of methoxy groups -OCH3 is 1. The Bertz CT molecular complexity index is 244. The molecule has 0 saturated heterocycles. The summed E-state index contributed by atoms with van der Waals surface area (Å²) in [6.07, 6.45) is 1.98. The average molecular weight is 168 g/mol. The summed E-state index contributed by atoms with van der Waals surface area (Å²) < 4.78 is 4.49. The van der Waals surface area contributed by atoms with Gasteiger partial charge < -0.3 is 15.5 Å². The quantitative estimate of drug-likeness (QED) is 0.648. The predicted octanol–water partition coefficient (Wildman–Crippen LogP) is 0.578. The van der Waals surface area contributed by atoms with Crippen LogP contribution >= 0.6 is 0 Å². The molecule has 0 aromatic carbocycles. The minimum Gasteiger partial charge on any atom is -0.469 e. The molecule has 1 aromatic rings. The molecule has 0 fully saturated rings. The molecule has 1 rings (SSSR count). The highest BCUT2D eigenvalue weighted by atomic mass is 16.5. The van der Waals surface area contributed by atoms with Gasteiger partial charge in [0, 0.05) is 11.9 Å². The summed E-state index contributed by atoms with van der Waals surface area (Å²) in [5, 5.41) is 0. The van der Waals surface area contributed by atoms with E-state index in [1.54, 1.807) is 6.20 Å². The lowest BCUT2D eigenvalue weighted by Crippen LogP contribution is -2.16. The summed E-state index contributed by atoms with van der Waals surface area (Å²) in [7, 11) is 1.35. The van der Waals surface area contributed by atoms with E-state index in [1.807, 2.05) is 12.1 Å². The van der Waals surface area contributed by atoms with Crippen molar-refractivity contribution in [3.8, 4) is 0 Å². The first-order valence-electron chi connectivity index (χ1n) is 3.69. The SMILES string of the molecule is COC(=O)CC(N)c1ccc[nH]1. The van der Waals surface area contributed by atoms with E-state index in [-0.39, 0.29) is 18.4 Å². The van der Waals surface area contributed by atoms with Crippen LogP contribution in [0.1, 0.15) is 18.2 Å². The molecular formula is C8H12N2O2. The van der Waals surface area contributed by atoms with E-state index in [0.717, 1.165) is 5.69 Å². The van der Waals surface area contributed by atoms with Crippen LogP contribution < -0.4 is 5.73 Å². The van der Waals surface area contributed by atoms with Gasteiger partial charge in [-0.1, -0.05) is 0 Å². The molecule has 4 heteroatoms. The van der Waals surface area contributed by atoms with Crippen LogP contribution in [0.3, 0.4) is 0 Å². The molecule has 0 spiro atoms. The number of hydrogen-bond donors (Lipinski definition) is 2. The lowest BCUT2D eigenvalue weighted by molar-refractivity contribution is -0.141. The Kier molecular flexibility index (Phi) is 2.88. The van der Waals surface area contributed by atoms with Crippen LogP contribution in [0.5, 0.6) is 0 Å². The van der Waals surface area contributed by atoms with E-state index in [0.29, 0.717) is 0 Å². The molecule has 66 valence electrons. The second-order valence-electron chi connectivity index (χ2n) is 2.51. The van der Waals surface area contributed by atoms with Gasteiger partial charge in [-0.05, 0) is 12.1 Å². The summed E-state index contributed by atoms with van der Waals surface area (Å²) in [5.74, 6) is -0.294. The van der Waals surface area contributed by atoms with Crippen LogP contribution in [0.2, 0.25) is 0 Å². The molecule has 0 saturated carbocycles. The van der Waals surface area contributed by atoms with E-state index in [9.17, 15) is 4.79 Å². The van der Waals surface area contributed by atoms with Gasteiger partial charge in [0.15, 0.2) is 0 Å². The summed E-state index contributed by atoms with van der Waals surface area (Å²) in [5.41, 5.74) is 6.53. The van der Waals surface area contributed by atoms with Gasteiger partial charge in [0.2, 0.25) is 0 Å². The molecule has 12 heavy (non-hydrogen) atoms. The van der Waals surface area contributed by atoms with Gasteiger partial charge in [0.05, 0.1) is 19.6 Å². The maximum Gasteiger partial charge on any atom is 0.307 e. The third-order valence-electron chi connectivity index (χ3n) is 1.64. The zero-order chi connectivity index (χ0) is 8.97. The zero-order valence-electron chi connectivity index (χ0n) is 6.91. The van der Waals surface area contributed by atoms with Crippen LogP contribution in [-0.4, -0.2) is 18.1 Å². The Hall–Kier alpha value is -1.29. The number of carbonyl (C=O) groups excluding carboxylic acids is 1. The number of aromatic amines is 1. The molecule has 0 radical (unpaired) electrons. The summed E-state index contributed by atoms with van der Waals surface area (Å²) in [6, 6.07) is 3.38. The molecule has 1 atom stereocenters. The topological polar surface area (TPSA) is 68.1 Å². The maximum atomic E-state index is 10.8. The third kappa shape index (κ3) is 2.10. The van der Waals surface area contributed by atoms with Crippen LogP contribution in [0, 0.1) is 0 Å². The van der Waals surface area contributed by atoms with Crippen LogP contribution in [0.4, 0.5) is 0 Å². The number of rotatable bonds is 3. The van der Waals surface area contributed by atoms with Gasteiger partial charge in [-0.15, -0.1) is 0 Å². The normalized spacial score (nSPS) is 12.5. The van der Waals surface area contributed by atoms with Gasteiger partial charge in [-0.3, -0.25) is 4.79 Å². The lowest BCUT2D eigenvalue weighted by atomic mass is 10.1. The highest BCUT2D eigenvalue weighted by molar-refractivity contribution is 5.70. The molecule has 4 nitrogen and oxygen atoms in total. The lowest BCUT2D eigenvalue weighted by Gasteiger charge is -2.07. The number of nitrogens with one attached hydrogen (secondary N) is 1. The largest absolute Gasteiger partial charge is 0.469 e. The minimum atomic E-state index is -0.299. The van der Waals surface area contributed by atoms with Gasteiger partial charge >= 0.3 is 5.97 Å². The van der Waals surface area contributed by atoms with E-state index in [4.69, 9.17) is 5.73 Å². The van der Waals surface area contributed by atoms with Gasteiger partial charge in [-0.2, -0.15) is 0 Å². The Morgan fingerprint density at radius 3 is 3.08 bits per heavy atom. The van der Waals surface area contributed by atoms with Crippen molar-refractivity contribution in [1.82, 2.24) is 4.98 Å². The summed E-state index contributed by atoms with van der Waals surface area (Å²) in [4.78, 5) is 13.7. The highest BCUT2D eigenvalue weighted by Gasteiger charge is 2.11. The Balaban J connectivity index is 2.49. The van der Waals surface area contributed by atoms with Crippen molar-refractivity contribution in [3.63, 3.8) is 0 Å². The van der Waals surface area contributed by atoms with E-state index >= 15 is 0 Å². The first-order valence-corrected chi connectivity index (χ1v) is 3.69. The maximum absolute atomic E-state index is 10.8. The second kappa shape index (κ2) is 3.92. The monoisotopic (exact) mass is 168 g/mol. The first kappa shape index (κ1) is 8.80. The van der Waals surface area contributed by atoms with Crippen molar-refractivity contribution in [2.75, 3.05) is 7.11 Å². The van der Waals surface area contributed by atoms with Crippen molar-refractivity contribution in [1.29, 1.82) is 0 Å². The van der Waals surface area contributed by atoms with E-state index in [1.165, 1.54) is 7.11 Å². The Morgan fingerprint density at radius 1 is 1.83 bits per heavy atom. The number of ether oxygens (including phenoxy) is 1. The zero-order valence-corrected chi connectivity index (χ0v) is 6.91. The number of H-pyrrole nitrogens is 1. The van der Waals surface area contributed by atoms with Crippen molar-refractivity contribution >= 4 is 5.97 Å². The molecular weight excluding hydrogens is 156 g/mol. The van der Waals surface area contributed by atoms with Crippen LogP contribution in [0.15, 0.2) is 18.3 Å². The molecule has 1 unspecified atom stereocenters. The molecule has 1 heterocycles. The molecule has 0 aliphatic rings. The molecule has 0 aliphatic heterocycles. The van der Waals surface area contributed by atoms with Crippen molar-refractivity contribution in [3.05, 3.63) is 24.0 Å². The third-order valence-corrected chi connectivity index (χ3v) is 1.64. The number of esters is 1. The minimum absolute atomic E-state index is 0.205. The Labute approximate surface area is 70.7 Å². The van der Waals surface area contributed by atoms with Crippen LogP contribution in [-0.2, 0) is 9.53 Å². The fourth-order valence-corrected chi connectivity index (χ4v) is 0.948. The standard InChI is InChI=1S/C8H12N2O2/c1-12-8(11)5-6(9)7-3-2-4-10-7/h2-4,6,10H,5,9H2,1H3. The number of hydrogen-bond acceptors (Lipinski definition) is 3. The highest BCUT2D eigenvalue weighted by Crippen LogP contribution is 2.11. The Morgan fingerprint density at radius 2 is 2.58 bits per heavy atom. The average Bonchev–Trinajstić information content (AvgIpc) is 2.56. The van der Waals surface area contributed by atoms with Gasteiger partial charge in [0.1, 0.15) is 0 Å². The molecule has 0 bridgehead atoms. The van der Waals surface area contributed by atoms with Gasteiger partial charge in [-0.25, -0.2) is 0 Å². The van der Waals surface area contributed by atoms with Gasteiger partial charge in [0.25, 0.3) is 0 Å².